The average Bonchev–Trinajstić information content (AvgIpc) is 2.83. The van der Waals surface area contributed by atoms with Crippen molar-refractivity contribution < 1.29 is 4.79 Å². The van der Waals surface area contributed by atoms with Crippen LogP contribution in [-0.4, -0.2) is 49.0 Å². The van der Waals surface area contributed by atoms with Gasteiger partial charge in [-0.1, -0.05) is 32.1 Å². The molecule has 4 rings (SSSR count). The Hall–Kier alpha value is -1.18. The van der Waals surface area contributed by atoms with Gasteiger partial charge in [0, 0.05) is 30.1 Å². The van der Waals surface area contributed by atoms with Crippen molar-refractivity contribution in [1.82, 2.24) is 16.0 Å². The number of amides is 1. The van der Waals surface area contributed by atoms with Crippen molar-refractivity contribution in [2.24, 2.45) is 35.1 Å². The van der Waals surface area contributed by atoms with E-state index in [0.717, 1.165) is 69.2 Å². The normalized spacial score (nSPS) is 39.4. The first-order valence-electron chi connectivity index (χ1n) is 13.8. The Bertz CT molecular complexity index is 647. The van der Waals surface area contributed by atoms with E-state index < -0.39 is 0 Å². The molecule has 4 aliphatic rings. The summed E-state index contributed by atoms with van der Waals surface area (Å²) in [6.45, 7) is 1.44. The molecule has 0 aromatic heterocycles. The zero-order valence-corrected chi connectivity index (χ0v) is 20.5. The third-order valence-corrected chi connectivity index (χ3v) is 9.32. The fourth-order valence-electron chi connectivity index (χ4n) is 7.32. The van der Waals surface area contributed by atoms with Crippen molar-refractivity contribution in [3.05, 3.63) is 0 Å². The fraction of sp³-hybridized carbons (Fsp3) is 0.923. The van der Waals surface area contributed by atoms with E-state index in [9.17, 15) is 4.79 Å². The van der Waals surface area contributed by atoms with E-state index in [1.807, 2.05) is 0 Å². The van der Waals surface area contributed by atoms with Crippen LogP contribution in [0.4, 0.5) is 0 Å². The van der Waals surface area contributed by atoms with Crippen molar-refractivity contribution in [2.75, 3.05) is 13.1 Å². The average molecular weight is 461 g/mol. The number of carbonyl (C=O) groups excluding carboxylic acids is 1. The number of rotatable bonds is 8. The van der Waals surface area contributed by atoms with Gasteiger partial charge < -0.3 is 27.4 Å². The Balaban J connectivity index is 1.28. The van der Waals surface area contributed by atoms with E-state index in [1.54, 1.807) is 0 Å². The highest BCUT2D eigenvalue weighted by atomic mass is 16.2. The minimum atomic E-state index is 0.0974. The van der Waals surface area contributed by atoms with Gasteiger partial charge in [-0.15, -0.1) is 0 Å². The van der Waals surface area contributed by atoms with Crippen molar-refractivity contribution in [3.63, 3.8) is 0 Å². The summed E-state index contributed by atoms with van der Waals surface area (Å²) in [7, 11) is 0. The minimum Gasteiger partial charge on any atom is -0.387 e. The van der Waals surface area contributed by atoms with Crippen LogP contribution in [0.5, 0.6) is 0 Å². The lowest BCUT2D eigenvalue weighted by molar-refractivity contribution is -0.121. The molecule has 4 fully saturated rings. The van der Waals surface area contributed by atoms with Crippen LogP contribution in [0, 0.1) is 29.1 Å². The number of nitrogens with two attached hydrogens (primary N) is 2. The highest BCUT2D eigenvalue weighted by Crippen LogP contribution is 2.43. The van der Waals surface area contributed by atoms with Gasteiger partial charge in [0.2, 0.25) is 5.91 Å². The molecule has 0 spiro atoms. The molecule has 33 heavy (non-hydrogen) atoms. The zero-order chi connectivity index (χ0) is 23.2. The van der Waals surface area contributed by atoms with E-state index in [0.29, 0.717) is 18.4 Å². The maximum absolute atomic E-state index is 12.6. The van der Waals surface area contributed by atoms with Gasteiger partial charge in [-0.25, -0.2) is 0 Å². The summed E-state index contributed by atoms with van der Waals surface area (Å²) in [4.78, 5) is 12.6. The molecule has 0 aliphatic heterocycles. The highest BCUT2D eigenvalue weighted by molar-refractivity contribution is 5.80. The van der Waals surface area contributed by atoms with Crippen LogP contribution in [0.3, 0.4) is 0 Å². The quantitative estimate of drug-likeness (QED) is 0.245. The topological polar surface area (TPSA) is 129 Å². The second-order valence-electron chi connectivity index (χ2n) is 11.5. The van der Waals surface area contributed by atoms with E-state index in [4.69, 9.17) is 16.9 Å². The molecule has 0 saturated heterocycles. The minimum absolute atomic E-state index is 0.0974. The number of carbonyl (C=O) groups is 1. The summed E-state index contributed by atoms with van der Waals surface area (Å²) in [6.07, 6.45) is 16.6. The van der Waals surface area contributed by atoms with Gasteiger partial charge in [-0.3, -0.25) is 10.2 Å². The summed E-state index contributed by atoms with van der Waals surface area (Å²) in [5.41, 5.74) is 11.9. The van der Waals surface area contributed by atoms with Crippen LogP contribution in [0.1, 0.15) is 89.9 Å². The SMILES string of the molecule is N=C(N)C1CCC(NCC(=O)NC2CCC(N)CC2)C(NCC2CCCC3CCCCC32)C1. The number of nitrogens with one attached hydrogen (secondary N) is 4. The van der Waals surface area contributed by atoms with Crippen LogP contribution in [0.25, 0.3) is 0 Å². The maximum atomic E-state index is 12.6. The Kier molecular flexibility index (Phi) is 9.05. The maximum Gasteiger partial charge on any atom is 0.234 e. The molecule has 7 nitrogen and oxygen atoms in total. The second-order valence-corrected chi connectivity index (χ2v) is 11.5. The predicted octanol–water partition coefficient (Wildman–Crippen LogP) is 2.63. The van der Waals surface area contributed by atoms with Crippen molar-refractivity contribution >= 4 is 11.7 Å². The number of amidine groups is 1. The lowest BCUT2D eigenvalue weighted by atomic mass is 9.65. The van der Waals surface area contributed by atoms with Crippen molar-refractivity contribution in [3.8, 4) is 0 Å². The molecule has 4 aliphatic carbocycles. The number of fused-ring (bicyclic) bond motifs is 1. The standard InChI is InChI=1S/C26H48N6O/c27-20-9-11-21(12-10-20)32-25(33)16-31-23-13-8-18(26(28)29)14-24(23)30-15-19-6-3-5-17-4-1-2-7-22(17)19/h17-24,30-31H,1-16,27H2,(H3,28,29)(H,32,33). The molecular weight excluding hydrogens is 412 g/mol. The second kappa shape index (κ2) is 12.0. The molecule has 0 aromatic carbocycles. The summed E-state index contributed by atoms with van der Waals surface area (Å²) >= 11 is 0. The summed E-state index contributed by atoms with van der Waals surface area (Å²) in [5, 5.41) is 18.7. The van der Waals surface area contributed by atoms with E-state index in [2.05, 4.69) is 16.0 Å². The summed E-state index contributed by atoms with van der Waals surface area (Å²) in [6, 6.07) is 1.11. The predicted molar refractivity (Wildman–Crippen MR) is 134 cm³/mol. The fourth-order valence-corrected chi connectivity index (χ4v) is 7.32. The molecule has 188 valence electrons. The van der Waals surface area contributed by atoms with Crippen LogP contribution >= 0.6 is 0 Å². The van der Waals surface area contributed by atoms with Gasteiger partial charge in [0.25, 0.3) is 0 Å². The van der Waals surface area contributed by atoms with Crippen LogP contribution in [0.15, 0.2) is 0 Å². The Morgan fingerprint density at radius 2 is 1.61 bits per heavy atom. The highest BCUT2D eigenvalue weighted by Gasteiger charge is 2.37. The van der Waals surface area contributed by atoms with E-state index in [-0.39, 0.29) is 30.0 Å². The molecule has 4 saturated carbocycles. The number of hydrogen-bond donors (Lipinski definition) is 6. The van der Waals surface area contributed by atoms with Crippen LogP contribution in [0.2, 0.25) is 0 Å². The molecule has 6 unspecified atom stereocenters. The van der Waals surface area contributed by atoms with Gasteiger partial charge in [0.15, 0.2) is 0 Å². The van der Waals surface area contributed by atoms with Crippen LogP contribution < -0.4 is 27.4 Å². The number of hydrogen-bond acceptors (Lipinski definition) is 5. The van der Waals surface area contributed by atoms with Crippen LogP contribution in [-0.2, 0) is 4.79 Å². The van der Waals surface area contributed by atoms with Gasteiger partial charge in [-0.05, 0) is 82.1 Å². The van der Waals surface area contributed by atoms with Gasteiger partial charge in [0.1, 0.15) is 0 Å². The molecule has 7 heteroatoms. The van der Waals surface area contributed by atoms with Gasteiger partial charge >= 0.3 is 0 Å². The first kappa shape index (κ1) is 24.9. The Labute approximate surface area is 200 Å². The third-order valence-electron chi connectivity index (χ3n) is 9.32. The zero-order valence-electron chi connectivity index (χ0n) is 20.5. The molecular formula is C26H48N6O. The van der Waals surface area contributed by atoms with Gasteiger partial charge in [-0.2, -0.15) is 0 Å². The van der Waals surface area contributed by atoms with E-state index >= 15 is 0 Å². The molecule has 0 heterocycles. The third kappa shape index (κ3) is 6.92. The van der Waals surface area contributed by atoms with E-state index in [1.165, 1.54) is 44.9 Å². The lowest BCUT2D eigenvalue weighted by Crippen LogP contribution is -2.56. The Morgan fingerprint density at radius 3 is 2.39 bits per heavy atom. The van der Waals surface area contributed by atoms with Crippen molar-refractivity contribution in [2.45, 2.75) is 114 Å². The first-order chi connectivity index (χ1) is 16.0. The monoisotopic (exact) mass is 460 g/mol. The molecule has 8 N–H and O–H groups in total. The Morgan fingerprint density at radius 1 is 0.848 bits per heavy atom. The first-order valence-corrected chi connectivity index (χ1v) is 13.8. The largest absolute Gasteiger partial charge is 0.387 e. The van der Waals surface area contributed by atoms with Crippen molar-refractivity contribution in [1.29, 1.82) is 5.41 Å². The molecule has 1 amide bonds. The summed E-state index contributed by atoms with van der Waals surface area (Å²) in [5.74, 6) is 3.20. The smallest absolute Gasteiger partial charge is 0.234 e. The summed E-state index contributed by atoms with van der Waals surface area (Å²) < 4.78 is 0. The lowest BCUT2D eigenvalue weighted by Gasteiger charge is -2.43. The van der Waals surface area contributed by atoms with Gasteiger partial charge in [0.05, 0.1) is 12.4 Å². The molecule has 0 bridgehead atoms. The molecule has 6 atom stereocenters. The molecule has 0 aromatic rings. The molecule has 0 radical (unpaired) electrons.